The largest absolute Gasteiger partial charge is 0.478 e. The lowest BCUT2D eigenvalue weighted by molar-refractivity contribution is -0.133. The van der Waals surface area contributed by atoms with Crippen molar-refractivity contribution < 1.29 is 14.7 Å². The molecular weight excluding hydrogens is 326 g/mol. The van der Waals surface area contributed by atoms with Gasteiger partial charge in [0.15, 0.2) is 0 Å². The normalized spacial score (nSPS) is 17.0. The van der Waals surface area contributed by atoms with Gasteiger partial charge in [0.2, 0.25) is 5.91 Å². The number of piperidine rings is 1. The minimum atomic E-state index is -0.948. The fourth-order valence-corrected chi connectivity index (χ4v) is 4.02. The van der Waals surface area contributed by atoms with Gasteiger partial charge in [-0.25, -0.2) is 4.79 Å². The van der Waals surface area contributed by atoms with Gasteiger partial charge in [0.1, 0.15) is 5.56 Å². The van der Waals surface area contributed by atoms with E-state index in [1.54, 1.807) is 22.9 Å². The number of amides is 1. The molecule has 128 valence electrons. The van der Waals surface area contributed by atoms with E-state index in [9.17, 15) is 9.59 Å². The maximum absolute atomic E-state index is 12.6. The number of rotatable bonds is 4. The highest BCUT2D eigenvalue weighted by molar-refractivity contribution is 7.08. The Kier molecular flexibility index (Phi) is 4.71. The minimum Gasteiger partial charge on any atom is -0.478 e. The van der Waals surface area contributed by atoms with Crippen LogP contribution in [0.25, 0.3) is 0 Å². The first-order valence-corrected chi connectivity index (χ1v) is 9.01. The zero-order valence-electron chi connectivity index (χ0n) is 13.8. The lowest BCUT2D eigenvalue weighted by Crippen LogP contribution is -2.41. The van der Waals surface area contributed by atoms with Crippen LogP contribution >= 0.6 is 11.3 Å². The second-order valence-electron chi connectivity index (χ2n) is 6.23. The van der Waals surface area contributed by atoms with Crippen LogP contribution in [0, 0.1) is 6.92 Å². The van der Waals surface area contributed by atoms with Gasteiger partial charge in [-0.1, -0.05) is 0 Å². The van der Waals surface area contributed by atoms with E-state index in [2.05, 4.69) is 5.10 Å². The average molecular weight is 347 g/mol. The summed E-state index contributed by atoms with van der Waals surface area (Å²) in [5.41, 5.74) is 2.00. The molecule has 3 rings (SSSR count). The Hall–Kier alpha value is -2.15. The lowest BCUT2D eigenvalue weighted by atomic mass is 9.99. The smallest absolute Gasteiger partial charge is 0.339 e. The third kappa shape index (κ3) is 3.08. The van der Waals surface area contributed by atoms with Crippen LogP contribution in [-0.4, -0.2) is 44.8 Å². The molecule has 0 radical (unpaired) electrons. The number of nitrogens with zero attached hydrogens (tertiary/aromatic N) is 3. The third-order valence-corrected chi connectivity index (χ3v) is 5.51. The number of hydrogen-bond acceptors (Lipinski definition) is 4. The van der Waals surface area contributed by atoms with E-state index < -0.39 is 5.97 Å². The Morgan fingerprint density at radius 1 is 1.38 bits per heavy atom. The second-order valence-corrected chi connectivity index (χ2v) is 7.01. The number of likely N-dealkylation sites (tertiary alicyclic amines) is 1. The molecule has 0 spiro atoms. The monoisotopic (exact) mass is 347 g/mol. The molecule has 0 aromatic carbocycles. The molecule has 1 N–H and O–H groups in total. The molecule has 1 saturated heterocycles. The Morgan fingerprint density at radius 3 is 2.62 bits per heavy atom. The molecule has 0 saturated carbocycles. The first-order chi connectivity index (χ1) is 11.5. The van der Waals surface area contributed by atoms with Crippen LogP contribution in [0.3, 0.4) is 0 Å². The molecule has 0 bridgehead atoms. The maximum Gasteiger partial charge on any atom is 0.339 e. The first kappa shape index (κ1) is 16.7. The van der Waals surface area contributed by atoms with E-state index in [4.69, 9.17) is 5.11 Å². The SMILES string of the molecule is Cc1c(C(=O)O)cnn1C1CCN(C(=O)C(C)c2ccsc2)CC1. The molecule has 1 unspecified atom stereocenters. The molecule has 6 nitrogen and oxygen atoms in total. The van der Waals surface area contributed by atoms with Crippen molar-refractivity contribution in [3.05, 3.63) is 39.8 Å². The molecule has 24 heavy (non-hydrogen) atoms. The van der Waals surface area contributed by atoms with Crippen LogP contribution in [0.5, 0.6) is 0 Å². The van der Waals surface area contributed by atoms with Crippen LogP contribution in [0.1, 0.15) is 53.3 Å². The Bertz CT molecular complexity index is 730. The van der Waals surface area contributed by atoms with Crippen molar-refractivity contribution in [2.75, 3.05) is 13.1 Å². The fourth-order valence-electron chi connectivity index (χ4n) is 3.27. The van der Waals surface area contributed by atoms with Gasteiger partial charge in [-0.15, -0.1) is 0 Å². The molecule has 1 fully saturated rings. The molecule has 1 amide bonds. The Morgan fingerprint density at radius 2 is 2.08 bits per heavy atom. The van der Waals surface area contributed by atoms with E-state index in [1.165, 1.54) is 6.20 Å². The second kappa shape index (κ2) is 6.76. The number of carbonyl (C=O) groups excluding carboxylic acids is 1. The van der Waals surface area contributed by atoms with Gasteiger partial charge in [-0.3, -0.25) is 9.48 Å². The molecule has 1 aliphatic heterocycles. The zero-order chi connectivity index (χ0) is 17.3. The quantitative estimate of drug-likeness (QED) is 0.923. The molecule has 7 heteroatoms. The van der Waals surface area contributed by atoms with E-state index in [0.717, 1.165) is 18.4 Å². The molecule has 0 aliphatic carbocycles. The van der Waals surface area contributed by atoms with Crippen LogP contribution < -0.4 is 0 Å². The summed E-state index contributed by atoms with van der Waals surface area (Å²) < 4.78 is 1.80. The van der Waals surface area contributed by atoms with Gasteiger partial charge in [0.25, 0.3) is 0 Å². The van der Waals surface area contributed by atoms with E-state index in [-0.39, 0.29) is 23.4 Å². The summed E-state index contributed by atoms with van der Waals surface area (Å²) in [4.78, 5) is 25.7. The highest BCUT2D eigenvalue weighted by Crippen LogP contribution is 2.27. The molecule has 1 aliphatic rings. The molecule has 2 aromatic rings. The van der Waals surface area contributed by atoms with E-state index >= 15 is 0 Å². The summed E-state index contributed by atoms with van der Waals surface area (Å²) in [6, 6.07) is 2.15. The van der Waals surface area contributed by atoms with Crippen molar-refractivity contribution in [2.45, 2.75) is 38.6 Å². The van der Waals surface area contributed by atoms with Crippen LogP contribution in [0.15, 0.2) is 23.0 Å². The molecule has 1 atom stereocenters. The predicted octanol–water partition coefficient (Wildman–Crippen LogP) is 2.92. The predicted molar refractivity (Wildman–Crippen MR) is 91.5 cm³/mol. The standard InChI is InChI=1S/C17H21N3O3S/c1-11(13-5-8-24-10-13)16(21)19-6-3-14(4-7-19)20-12(2)15(9-18-20)17(22)23/h5,8-11,14H,3-4,6-7H2,1-2H3,(H,22,23). The summed E-state index contributed by atoms with van der Waals surface area (Å²) in [5, 5.41) is 17.4. The molecule has 2 aromatic heterocycles. The van der Waals surface area contributed by atoms with Gasteiger partial charge >= 0.3 is 5.97 Å². The lowest BCUT2D eigenvalue weighted by Gasteiger charge is -2.34. The van der Waals surface area contributed by atoms with Crippen molar-refractivity contribution >= 4 is 23.2 Å². The number of carboxylic acid groups (broad SMARTS) is 1. The number of aromatic nitrogens is 2. The molecule has 3 heterocycles. The summed E-state index contributed by atoms with van der Waals surface area (Å²) >= 11 is 1.61. The summed E-state index contributed by atoms with van der Waals surface area (Å²) in [6.45, 7) is 5.10. The van der Waals surface area contributed by atoms with Gasteiger partial charge in [-0.05, 0) is 49.1 Å². The minimum absolute atomic E-state index is 0.113. The van der Waals surface area contributed by atoms with Gasteiger partial charge in [-0.2, -0.15) is 16.4 Å². The third-order valence-electron chi connectivity index (χ3n) is 4.81. The van der Waals surface area contributed by atoms with E-state index in [1.807, 2.05) is 28.7 Å². The van der Waals surface area contributed by atoms with Crippen molar-refractivity contribution in [2.24, 2.45) is 0 Å². The van der Waals surface area contributed by atoms with Gasteiger partial charge in [0, 0.05) is 13.1 Å². The zero-order valence-corrected chi connectivity index (χ0v) is 14.6. The van der Waals surface area contributed by atoms with Crippen LogP contribution in [-0.2, 0) is 4.79 Å². The number of aromatic carboxylic acids is 1. The number of carbonyl (C=O) groups is 2. The van der Waals surface area contributed by atoms with Crippen molar-refractivity contribution in [3.8, 4) is 0 Å². The Labute approximate surface area is 144 Å². The van der Waals surface area contributed by atoms with Crippen LogP contribution in [0.2, 0.25) is 0 Å². The highest BCUT2D eigenvalue weighted by atomic mass is 32.1. The van der Waals surface area contributed by atoms with Crippen molar-refractivity contribution in [3.63, 3.8) is 0 Å². The number of thiophene rings is 1. The summed E-state index contributed by atoms with van der Waals surface area (Å²) in [6.07, 6.45) is 3.00. The summed E-state index contributed by atoms with van der Waals surface area (Å²) in [7, 11) is 0. The number of hydrogen-bond donors (Lipinski definition) is 1. The number of carboxylic acids is 1. The molecular formula is C17H21N3O3S. The Balaban J connectivity index is 1.64. The topological polar surface area (TPSA) is 75.4 Å². The highest BCUT2D eigenvalue weighted by Gasteiger charge is 2.29. The van der Waals surface area contributed by atoms with Gasteiger partial charge in [0.05, 0.1) is 23.9 Å². The average Bonchev–Trinajstić information content (AvgIpc) is 3.23. The van der Waals surface area contributed by atoms with Crippen molar-refractivity contribution in [1.29, 1.82) is 0 Å². The summed E-state index contributed by atoms with van der Waals surface area (Å²) in [5.74, 6) is -0.899. The van der Waals surface area contributed by atoms with E-state index in [0.29, 0.717) is 18.8 Å². The first-order valence-electron chi connectivity index (χ1n) is 8.07. The van der Waals surface area contributed by atoms with Crippen molar-refractivity contribution in [1.82, 2.24) is 14.7 Å². The van der Waals surface area contributed by atoms with Crippen LogP contribution in [0.4, 0.5) is 0 Å². The van der Waals surface area contributed by atoms with Gasteiger partial charge < -0.3 is 10.0 Å². The maximum atomic E-state index is 12.6. The fraction of sp³-hybridized carbons (Fsp3) is 0.471.